The molecule has 0 aliphatic carbocycles. The Morgan fingerprint density at radius 3 is 2.50 bits per heavy atom. The Balaban J connectivity index is 1.93. The van der Waals surface area contributed by atoms with Crippen LogP contribution >= 0.6 is 12.2 Å². The number of allylic oxidation sites excluding steroid dienone is 1. The Morgan fingerprint density at radius 1 is 1.15 bits per heavy atom. The van der Waals surface area contributed by atoms with E-state index in [1.807, 2.05) is 0 Å². The third kappa shape index (κ3) is 3.65. The van der Waals surface area contributed by atoms with Gasteiger partial charge in [0.15, 0.2) is 16.7 Å². The third-order valence-corrected chi connectivity index (χ3v) is 4.14. The van der Waals surface area contributed by atoms with Gasteiger partial charge in [-0.15, -0.1) is 0 Å². The highest BCUT2D eigenvalue weighted by molar-refractivity contribution is 7.80. The van der Waals surface area contributed by atoms with Crippen molar-refractivity contribution in [2.75, 3.05) is 5.32 Å². The summed E-state index contributed by atoms with van der Waals surface area (Å²) in [5.74, 6) is -2.44. The normalized spacial score (nSPS) is 16.7. The van der Waals surface area contributed by atoms with Crippen LogP contribution in [-0.2, 0) is 4.79 Å². The molecule has 0 aromatic heterocycles. The van der Waals surface area contributed by atoms with E-state index in [2.05, 4.69) is 16.0 Å². The van der Waals surface area contributed by atoms with Crippen LogP contribution in [0.25, 0.3) is 0 Å². The lowest BCUT2D eigenvalue weighted by Gasteiger charge is -2.30. The molecular weight excluding hydrogens is 360 g/mol. The van der Waals surface area contributed by atoms with Crippen molar-refractivity contribution in [3.8, 4) is 5.75 Å². The van der Waals surface area contributed by atoms with Crippen LogP contribution in [0.3, 0.4) is 0 Å². The number of thiocarbonyl (C=S) groups is 1. The maximum Gasteiger partial charge on any atom is 0.255 e. The van der Waals surface area contributed by atoms with Crippen LogP contribution in [0.4, 0.5) is 14.5 Å². The van der Waals surface area contributed by atoms with Crippen molar-refractivity contribution in [1.82, 2.24) is 10.6 Å². The summed E-state index contributed by atoms with van der Waals surface area (Å²) in [5.41, 5.74) is 1.72. The van der Waals surface area contributed by atoms with Gasteiger partial charge in [-0.2, -0.15) is 0 Å². The van der Waals surface area contributed by atoms with Crippen LogP contribution in [0.5, 0.6) is 5.75 Å². The second-order valence-corrected chi connectivity index (χ2v) is 6.15. The van der Waals surface area contributed by atoms with Crippen LogP contribution in [0.2, 0.25) is 0 Å². The lowest BCUT2D eigenvalue weighted by Crippen LogP contribution is -2.45. The first kappa shape index (κ1) is 17.8. The predicted molar refractivity (Wildman–Crippen MR) is 97.4 cm³/mol. The maximum atomic E-state index is 13.4. The van der Waals surface area contributed by atoms with Crippen molar-refractivity contribution in [1.29, 1.82) is 0 Å². The molecule has 0 saturated heterocycles. The average Bonchev–Trinajstić information content (AvgIpc) is 2.58. The summed E-state index contributed by atoms with van der Waals surface area (Å²) < 4.78 is 26.4. The fourth-order valence-corrected chi connectivity index (χ4v) is 2.95. The summed E-state index contributed by atoms with van der Waals surface area (Å²) >= 11 is 5.16. The largest absolute Gasteiger partial charge is 0.508 e. The number of halogens is 2. The van der Waals surface area contributed by atoms with E-state index in [-0.39, 0.29) is 11.4 Å². The first-order chi connectivity index (χ1) is 12.3. The van der Waals surface area contributed by atoms with Gasteiger partial charge in [0.25, 0.3) is 5.91 Å². The Bertz CT molecular complexity index is 913. The molecule has 0 unspecified atom stereocenters. The molecule has 0 spiro atoms. The molecular formula is C18H15F2N3O2S. The van der Waals surface area contributed by atoms with E-state index < -0.39 is 23.6 Å². The molecule has 8 heteroatoms. The minimum absolute atomic E-state index is 0.0961. The summed E-state index contributed by atoms with van der Waals surface area (Å²) in [6, 6.07) is 8.90. The van der Waals surface area contributed by atoms with E-state index in [0.29, 0.717) is 21.9 Å². The van der Waals surface area contributed by atoms with Gasteiger partial charge in [-0.3, -0.25) is 4.79 Å². The zero-order valence-electron chi connectivity index (χ0n) is 13.6. The van der Waals surface area contributed by atoms with Gasteiger partial charge < -0.3 is 21.1 Å². The van der Waals surface area contributed by atoms with Gasteiger partial charge >= 0.3 is 0 Å². The number of phenols is 1. The number of rotatable bonds is 3. The van der Waals surface area contributed by atoms with E-state index in [1.54, 1.807) is 19.1 Å². The molecule has 2 aromatic rings. The number of carbonyl (C=O) groups excluding carboxylic acids is 1. The highest BCUT2D eigenvalue weighted by Gasteiger charge is 2.30. The fraction of sp³-hybridized carbons (Fsp3) is 0.111. The number of nitrogens with one attached hydrogen (secondary N) is 3. The standard InChI is InChI=1S/C18H15F2N3O2S/c1-9-15(17(25)22-11-4-7-13(19)14(20)8-11)16(23-18(26)21-9)10-2-5-12(24)6-3-10/h2-8,16,24H,1H3,(H,22,25)(H2,21,23,26)/t16-/m1/s1. The van der Waals surface area contributed by atoms with E-state index >= 15 is 0 Å². The summed E-state index contributed by atoms with van der Waals surface area (Å²) in [4.78, 5) is 12.8. The summed E-state index contributed by atoms with van der Waals surface area (Å²) in [7, 11) is 0. The minimum Gasteiger partial charge on any atom is -0.508 e. The van der Waals surface area contributed by atoms with Gasteiger partial charge in [0.2, 0.25) is 0 Å². The summed E-state index contributed by atoms with van der Waals surface area (Å²) in [6.07, 6.45) is 0. The van der Waals surface area contributed by atoms with Crippen LogP contribution in [0.15, 0.2) is 53.7 Å². The molecule has 0 fully saturated rings. The van der Waals surface area contributed by atoms with Gasteiger partial charge in [0.1, 0.15) is 5.75 Å². The zero-order chi connectivity index (χ0) is 18.8. The number of aromatic hydroxyl groups is 1. The SMILES string of the molecule is CC1=C(C(=O)Nc2ccc(F)c(F)c2)[C@@H](c2ccc(O)cc2)NC(=S)N1. The van der Waals surface area contributed by atoms with Crippen LogP contribution in [0.1, 0.15) is 18.5 Å². The third-order valence-electron chi connectivity index (χ3n) is 3.92. The molecule has 3 rings (SSSR count). The van der Waals surface area contributed by atoms with E-state index in [9.17, 15) is 18.7 Å². The molecule has 1 aliphatic rings. The molecule has 134 valence electrons. The summed E-state index contributed by atoms with van der Waals surface area (Å²) in [5, 5.41) is 18.3. The Morgan fingerprint density at radius 2 is 1.85 bits per heavy atom. The van der Waals surface area contributed by atoms with E-state index in [4.69, 9.17) is 12.2 Å². The molecule has 2 aromatic carbocycles. The van der Waals surface area contributed by atoms with Crippen molar-refractivity contribution in [3.05, 3.63) is 70.9 Å². The van der Waals surface area contributed by atoms with Gasteiger partial charge in [0.05, 0.1) is 11.6 Å². The smallest absolute Gasteiger partial charge is 0.255 e. The van der Waals surface area contributed by atoms with Crippen molar-refractivity contribution < 1.29 is 18.7 Å². The minimum atomic E-state index is -1.05. The second kappa shape index (κ2) is 7.09. The maximum absolute atomic E-state index is 13.4. The molecule has 0 bridgehead atoms. The predicted octanol–water partition coefficient (Wildman–Crippen LogP) is 3.10. The Hall–Kier alpha value is -3.00. The number of phenolic OH excluding ortho intramolecular Hbond substituents is 1. The highest BCUT2D eigenvalue weighted by atomic mass is 32.1. The topological polar surface area (TPSA) is 73.4 Å². The van der Waals surface area contributed by atoms with Crippen LogP contribution < -0.4 is 16.0 Å². The fourth-order valence-electron chi connectivity index (χ4n) is 2.68. The number of amides is 1. The van der Waals surface area contributed by atoms with Crippen molar-refractivity contribution in [2.24, 2.45) is 0 Å². The monoisotopic (exact) mass is 375 g/mol. The molecule has 0 radical (unpaired) electrons. The van der Waals surface area contributed by atoms with Gasteiger partial charge in [0, 0.05) is 17.5 Å². The molecule has 1 atom stereocenters. The Kier molecular flexibility index (Phi) is 4.85. The molecule has 4 N–H and O–H groups in total. The van der Waals surface area contributed by atoms with Crippen LogP contribution in [-0.4, -0.2) is 16.1 Å². The molecule has 0 saturated carbocycles. The summed E-state index contributed by atoms with van der Waals surface area (Å²) in [6.45, 7) is 1.70. The number of benzene rings is 2. The molecule has 5 nitrogen and oxygen atoms in total. The van der Waals surface area contributed by atoms with Crippen LogP contribution in [0, 0.1) is 11.6 Å². The van der Waals surface area contributed by atoms with Crippen molar-refractivity contribution >= 4 is 28.9 Å². The van der Waals surface area contributed by atoms with Crippen molar-refractivity contribution in [3.63, 3.8) is 0 Å². The molecule has 1 heterocycles. The molecule has 26 heavy (non-hydrogen) atoms. The molecule has 1 aliphatic heterocycles. The lowest BCUT2D eigenvalue weighted by atomic mass is 9.95. The highest BCUT2D eigenvalue weighted by Crippen LogP contribution is 2.29. The first-order valence-corrected chi connectivity index (χ1v) is 8.09. The van der Waals surface area contributed by atoms with Gasteiger partial charge in [-0.05, 0) is 49.0 Å². The molecule has 1 amide bonds. The van der Waals surface area contributed by atoms with E-state index in [1.165, 1.54) is 18.2 Å². The number of anilines is 1. The average molecular weight is 375 g/mol. The quantitative estimate of drug-likeness (QED) is 0.621. The van der Waals surface area contributed by atoms with E-state index in [0.717, 1.165) is 12.1 Å². The van der Waals surface area contributed by atoms with Gasteiger partial charge in [-0.1, -0.05) is 12.1 Å². The zero-order valence-corrected chi connectivity index (χ0v) is 14.5. The second-order valence-electron chi connectivity index (χ2n) is 5.74. The Labute approximate surface area is 153 Å². The first-order valence-electron chi connectivity index (χ1n) is 7.69. The number of hydrogen-bond acceptors (Lipinski definition) is 3. The van der Waals surface area contributed by atoms with Crippen molar-refractivity contribution in [2.45, 2.75) is 13.0 Å². The number of hydrogen-bond donors (Lipinski definition) is 4. The lowest BCUT2D eigenvalue weighted by molar-refractivity contribution is -0.113. The number of carbonyl (C=O) groups is 1. The van der Waals surface area contributed by atoms with Gasteiger partial charge in [-0.25, -0.2) is 8.78 Å².